The first kappa shape index (κ1) is 12.2. The van der Waals surface area contributed by atoms with E-state index in [0.717, 1.165) is 31.5 Å². The largest absolute Gasteiger partial charge is 0.326 e. The predicted octanol–water partition coefficient (Wildman–Crippen LogP) is 1.28. The van der Waals surface area contributed by atoms with E-state index in [1.54, 1.807) is 6.07 Å². The minimum Gasteiger partial charge on any atom is -0.326 e. The van der Waals surface area contributed by atoms with Crippen molar-refractivity contribution in [2.45, 2.75) is 31.8 Å². The molecule has 100 valence electrons. The molecule has 3 rings (SSSR count). The number of H-pyrrole nitrogens is 1. The Kier molecular flexibility index (Phi) is 3.21. The van der Waals surface area contributed by atoms with Crippen LogP contribution in [-0.2, 0) is 20.0 Å². The summed E-state index contributed by atoms with van der Waals surface area (Å²) in [6, 6.07) is 3.89. The number of fused-ring (bicyclic) bond motifs is 1. The first-order valence-electron chi connectivity index (χ1n) is 6.65. The average molecular weight is 258 g/mol. The maximum Gasteiger partial charge on any atom is 0.248 e. The summed E-state index contributed by atoms with van der Waals surface area (Å²) in [6.45, 7) is 0.803. The van der Waals surface area contributed by atoms with Gasteiger partial charge in [-0.05, 0) is 24.8 Å². The van der Waals surface area contributed by atoms with Crippen LogP contribution in [0.4, 0.5) is 0 Å². The summed E-state index contributed by atoms with van der Waals surface area (Å²) in [5, 5.41) is 7.72. The zero-order valence-corrected chi connectivity index (χ0v) is 11.0. The Morgan fingerprint density at radius 1 is 1.53 bits per heavy atom. The van der Waals surface area contributed by atoms with Crippen molar-refractivity contribution in [2.75, 3.05) is 0 Å². The molecule has 0 spiro atoms. The van der Waals surface area contributed by atoms with Crippen molar-refractivity contribution in [3.8, 4) is 0 Å². The van der Waals surface area contributed by atoms with E-state index in [4.69, 9.17) is 0 Å². The highest BCUT2D eigenvalue weighted by Crippen LogP contribution is 2.27. The van der Waals surface area contributed by atoms with Crippen LogP contribution >= 0.6 is 0 Å². The molecule has 0 radical (unpaired) electrons. The van der Waals surface area contributed by atoms with Gasteiger partial charge in [0.1, 0.15) is 0 Å². The van der Waals surface area contributed by atoms with Crippen molar-refractivity contribution in [3.63, 3.8) is 0 Å². The third-order valence-electron chi connectivity index (χ3n) is 3.64. The number of hydrogen-bond donors (Lipinski definition) is 2. The summed E-state index contributed by atoms with van der Waals surface area (Å²) in [4.78, 5) is 14.3. The van der Waals surface area contributed by atoms with Crippen LogP contribution in [0.3, 0.4) is 0 Å². The van der Waals surface area contributed by atoms with Crippen LogP contribution in [0.1, 0.15) is 35.7 Å². The van der Waals surface area contributed by atoms with Gasteiger partial charge in [-0.15, -0.1) is 0 Å². The fourth-order valence-corrected chi connectivity index (χ4v) is 2.72. The Morgan fingerprint density at radius 2 is 2.42 bits per heavy atom. The molecule has 5 nitrogen and oxygen atoms in total. The lowest BCUT2D eigenvalue weighted by Crippen LogP contribution is -2.27. The highest BCUT2D eigenvalue weighted by atomic mass is 16.1. The van der Waals surface area contributed by atoms with E-state index in [9.17, 15) is 4.79 Å². The van der Waals surface area contributed by atoms with Crippen LogP contribution in [0.2, 0.25) is 0 Å². The van der Waals surface area contributed by atoms with Gasteiger partial charge in [0.2, 0.25) is 5.56 Å². The zero-order valence-electron chi connectivity index (χ0n) is 11.0. The summed E-state index contributed by atoms with van der Waals surface area (Å²) in [5.41, 5.74) is 3.49. The molecule has 0 saturated heterocycles. The van der Waals surface area contributed by atoms with Crippen molar-refractivity contribution < 1.29 is 0 Å². The maximum absolute atomic E-state index is 11.3. The smallest absolute Gasteiger partial charge is 0.248 e. The molecule has 0 aromatic carbocycles. The second-order valence-corrected chi connectivity index (χ2v) is 5.10. The van der Waals surface area contributed by atoms with E-state index < -0.39 is 0 Å². The SMILES string of the molecule is Cn1cc(CNC2CCCc3[nH]c(=O)ccc32)cn1. The summed E-state index contributed by atoms with van der Waals surface area (Å²) in [5.74, 6) is 0. The van der Waals surface area contributed by atoms with Crippen LogP contribution in [-0.4, -0.2) is 14.8 Å². The summed E-state index contributed by atoms with van der Waals surface area (Å²) >= 11 is 0. The number of hydrogen-bond acceptors (Lipinski definition) is 3. The minimum atomic E-state index is -0.00772. The first-order chi connectivity index (χ1) is 9.22. The normalized spacial score (nSPS) is 18.3. The predicted molar refractivity (Wildman–Crippen MR) is 72.8 cm³/mol. The average Bonchev–Trinajstić information content (AvgIpc) is 2.81. The van der Waals surface area contributed by atoms with Crippen LogP contribution in [0, 0.1) is 0 Å². The molecular weight excluding hydrogens is 240 g/mol. The van der Waals surface area contributed by atoms with Crippen LogP contribution < -0.4 is 10.9 Å². The zero-order chi connectivity index (χ0) is 13.2. The lowest BCUT2D eigenvalue weighted by atomic mass is 9.91. The van der Waals surface area contributed by atoms with Gasteiger partial charge in [-0.3, -0.25) is 9.48 Å². The molecule has 2 aromatic rings. The van der Waals surface area contributed by atoms with Crippen molar-refractivity contribution >= 4 is 0 Å². The highest BCUT2D eigenvalue weighted by molar-refractivity contribution is 5.26. The molecule has 2 heterocycles. The lowest BCUT2D eigenvalue weighted by Gasteiger charge is -2.25. The quantitative estimate of drug-likeness (QED) is 0.871. The Labute approximate surface area is 111 Å². The molecule has 1 aliphatic carbocycles. The van der Waals surface area contributed by atoms with E-state index in [1.807, 2.05) is 30.2 Å². The van der Waals surface area contributed by atoms with E-state index in [2.05, 4.69) is 15.4 Å². The molecule has 2 N–H and O–H groups in total. The van der Waals surface area contributed by atoms with Gasteiger partial charge in [-0.25, -0.2) is 0 Å². The van der Waals surface area contributed by atoms with Crippen molar-refractivity contribution in [3.05, 3.63) is 51.7 Å². The molecule has 1 unspecified atom stereocenters. The van der Waals surface area contributed by atoms with Crippen LogP contribution in [0.5, 0.6) is 0 Å². The van der Waals surface area contributed by atoms with Crippen molar-refractivity contribution in [1.82, 2.24) is 20.1 Å². The number of rotatable bonds is 3. The minimum absolute atomic E-state index is 0.00772. The number of pyridine rings is 1. The lowest BCUT2D eigenvalue weighted by molar-refractivity contribution is 0.453. The Bertz CT molecular complexity index is 628. The topological polar surface area (TPSA) is 62.7 Å². The van der Waals surface area contributed by atoms with Gasteiger partial charge >= 0.3 is 0 Å². The number of aromatic amines is 1. The van der Waals surface area contributed by atoms with Gasteiger partial charge in [0.05, 0.1) is 6.20 Å². The molecule has 2 aromatic heterocycles. The Hall–Kier alpha value is -1.88. The van der Waals surface area contributed by atoms with E-state index in [1.165, 1.54) is 11.1 Å². The fourth-order valence-electron chi connectivity index (χ4n) is 2.72. The second kappa shape index (κ2) is 5.01. The molecule has 5 heteroatoms. The van der Waals surface area contributed by atoms with Crippen molar-refractivity contribution in [2.24, 2.45) is 7.05 Å². The Balaban J connectivity index is 1.75. The van der Waals surface area contributed by atoms with Crippen molar-refractivity contribution in [1.29, 1.82) is 0 Å². The van der Waals surface area contributed by atoms with Gasteiger partial charge in [0.15, 0.2) is 0 Å². The summed E-state index contributed by atoms with van der Waals surface area (Å²) in [7, 11) is 1.92. The highest BCUT2D eigenvalue weighted by Gasteiger charge is 2.20. The molecule has 1 atom stereocenters. The number of aryl methyl sites for hydroxylation is 2. The molecule has 0 bridgehead atoms. The molecular formula is C14H18N4O. The fraction of sp³-hybridized carbons (Fsp3) is 0.429. The number of nitrogens with zero attached hydrogens (tertiary/aromatic N) is 2. The molecule has 0 fully saturated rings. The summed E-state index contributed by atoms with van der Waals surface area (Å²) < 4.78 is 1.81. The van der Waals surface area contributed by atoms with E-state index in [0.29, 0.717) is 6.04 Å². The molecule has 1 aliphatic rings. The van der Waals surface area contributed by atoms with Gasteiger partial charge in [-0.2, -0.15) is 5.10 Å². The first-order valence-corrected chi connectivity index (χ1v) is 6.65. The Morgan fingerprint density at radius 3 is 3.21 bits per heavy atom. The van der Waals surface area contributed by atoms with Crippen LogP contribution in [0.15, 0.2) is 29.3 Å². The van der Waals surface area contributed by atoms with E-state index >= 15 is 0 Å². The third kappa shape index (κ3) is 2.61. The van der Waals surface area contributed by atoms with Gasteiger partial charge in [0, 0.05) is 43.2 Å². The number of aromatic nitrogens is 3. The molecule has 0 aliphatic heterocycles. The van der Waals surface area contributed by atoms with Crippen LogP contribution in [0.25, 0.3) is 0 Å². The number of nitrogens with one attached hydrogen (secondary N) is 2. The monoisotopic (exact) mass is 258 g/mol. The van der Waals surface area contributed by atoms with Gasteiger partial charge < -0.3 is 10.3 Å². The molecule has 19 heavy (non-hydrogen) atoms. The maximum atomic E-state index is 11.3. The molecule has 0 saturated carbocycles. The standard InChI is InChI=1S/C14H18N4O/c1-18-9-10(8-16-18)7-15-12-3-2-4-13-11(12)5-6-14(19)17-13/h5-6,8-9,12,15H,2-4,7H2,1H3,(H,17,19). The molecule has 0 amide bonds. The van der Waals surface area contributed by atoms with Gasteiger partial charge in [-0.1, -0.05) is 6.07 Å². The second-order valence-electron chi connectivity index (χ2n) is 5.10. The third-order valence-corrected chi connectivity index (χ3v) is 3.64. The van der Waals surface area contributed by atoms with E-state index in [-0.39, 0.29) is 5.56 Å². The van der Waals surface area contributed by atoms with Gasteiger partial charge in [0.25, 0.3) is 0 Å². The summed E-state index contributed by atoms with van der Waals surface area (Å²) in [6.07, 6.45) is 7.08.